The van der Waals surface area contributed by atoms with Crippen LogP contribution in [0.4, 0.5) is 0 Å². The van der Waals surface area contributed by atoms with Crippen LogP contribution in [0.5, 0.6) is 0 Å². The number of carbonyl (C=O) groups excluding carboxylic acids is 2. The van der Waals surface area contributed by atoms with Crippen molar-refractivity contribution in [3.63, 3.8) is 0 Å². The summed E-state index contributed by atoms with van der Waals surface area (Å²) in [4.78, 5) is 24.1. The molecule has 0 saturated heterocycles. The van der Waals surface area contributed by atoms with E-state index in [0.29, 0.717) is 53.0 Å². The summed E-state index contributed by atoms with van der Waals surface area (Å²) in [5.41, 5.74) is 2.25. The molecule has 37 heavy (non-hydrogen) atoms. The van der Waals surface area contributed by atoms with Crippen LogP contribution in [0.1, 0.15) is 107 Å². The standard InChI is InChI=1S/C32H47NO4/c1-31-17-5-4-7-24(31)19-27(34)29-25-15-14-23(32(25,2)18-16-26(29)31)8-6-9-28(35)33-20-21-10-12-22(13-11-21)30(36)37-3/h10-13,23-27,29,34H,4-9,14-20H2,1-3H3,(H,33,35). The van der Waals surface area contributed by atoms with E-state index in [9.17, 15) is 14.7 Å². The van der Waals surface area contributed by atoms with Crippen molar-refractivity contribution in [2.45, 2.75) is 104 Å². The number of rotatable bonds is 7. The molecule has 0 heterocycles. The number of ether oxygens (including phenoxy) is 1. The Bertz CT molecular complexity index is 976. The SMILES string of the molecule is COC(=O)c1ccc(CNC(=O)CCCC2CCC3C4C(O)CC5CCCCC5(C)C4CCC23C)cc1. The zero-order valence-electron chi connectivity index (χ0n) is 23.1. The first-order valence-electron chi connectivity index (χ1n) is 14.9. The largest absolute Gasteiger partial charge is 0.465 e. The van der Waals surface area contributed by atoms with Gasteiger partial charge in [0.25, 0.3) is 0 Å². The molecular formula is C32H47NO4. The highest BCUT2D eigenvalue weighted by atomic mass is 16.5. The van der Waals surface area contributed by atoms with E-state index in [1.54, 1.807) is 12.1 Å². The Balaban J connectivity index is 1.12. The number of carbonyl (C=O) groups is 2. The van der Waals surface area contributed by atoms with Crippen molar-refractivity contribution in [1.29, 1.82) is 0 Å². The highest BCUT2D eigenvalue weighted by Crippen LogP contribution is 2.67. The number of aliphatic hydroxyl groups is 1. The van der Waals surface area contributed by atoms with E-state index in [2.05, 4.69) is 19.2 Å². The predicted molar refractivity (Wildman–Crippen MR) is 145 cm³/mol. The van der Waals surface area contributed by atoms with Crippen LogP contribution >= 0.6 is 0 Å². The highest BCUT2D eigenvalue weighted by Gasteiger charge is 2.61. The van der Waals surface area contributed by atoms with Gasteiger partial charge in [-0.15, -0.1) is 0 Å². The molecule has 0 radical (unpaired) electrons. The van der Waals surface area contributed by atoms with Gasteiger partial charge in [0.15, 0.2) is 0 Å². The fourth-order valence-corrected chi connectivity index (χ4v) is 9.51. The lowest BCUT2D eigenvalue weighted by Crippen LogP contribution is -2.57. The van der Waals surface area contributed by atoms with E-state index in [0.717, 1.165) is 30.7 Å². The summed E-state index contributed by atoms with van der Waals surface area (Å²) in [5.74, 6) is 2.97. The van der Waals surface area contributed by atoms with Crippen LogP contribution in [0, 0.1) is 40.4 Å². The topological polar surface area (TPSA) is 75.6 Å². The van der Waals surface area contributed by atoms with E-state index < -0.39 is 0 Å². The summed E-state index contributed by atoms with van der Waals surface area (Å²) in [7, 11) is 1.37. The van der Waals surface area contributed by atoms with Gasteiger partial charge in [-0.25, -0.2) is 4.79 Å². The summed E-state index contributed by atoms with van der Waals surface area (Å²) in [6.45, 7) is 5.57. The van der Waals surface area contributed by atoms with Gasteiger partial charge < -0.3 is 15.2 Å². The van der Waals surface area contributed by atoms with E-state index in [1.165, 1.54) is 58.5 Å². The molecule has 204 valence electrons. The van der Waals surface area contributed by atoms with Crippen molar-refractivity contribution in [2.75, 3.05) is 7.11 Å². The minimum atomic E-state index is -0.350. The van der Waals surface area contributed by atoms with Gasteiger partial charge in [-0.2, -0.15) is 0 Å². The third kappa shape index (κ3) is 4.97. The van der Waals surface area contributed by atoms with E-state index >= 15 is 0 Å². The van der Waals surface area contributed by atoms with E-state index in [4.69, 9.17) is 4.74 Å². The molecule has 0 aliphatic heterocycles. The lowest BCUT2D eigenvalue weighted by molar-refractivity contribution is -0.162. The molecule has 0 bridgehead atoms. The van der Waals surface area contributed by atoms with Crippen LogP contribution in [0.15, 0.2) is 24.3 Å². The monoisotopic (exact) mass is 509 g/mol. The summed E-state index contributed by atoms with van der Waals surface area (Å²) in [6, 6.07) is 7.19. The number of methoxy groups -OCH3 is 1. The van der Waals surface area contributed by atoms with Crippen molar-refractivity contribution in [3.8, 4) is 0 Å². The zero-order valence-corrected chi connectivity index (χ0v) is 23.1. The van der Waals surface area contributed by atoms with Gasteiger partial charge in [-0.05, 0) is 116 Å². The molecule has 8 unspecified atom stereocenters. The third-order valence-electron chi connectivity index (χ3n) is 11.6. The maximum atomic E-state index is 12.6. The van der Waals surface area contributed by atoms with Crippen molar-refractivity contribution < 1.29 is 19.4 Å². The maximum Gasteiger partial charge on any atom is 0.337 e. The molecule has 5 nitrogen and oxygen atoms in total. The minimum absolute atomic E-state index is 0.0967. The van der Waals surface area contributed by atoms with Crippen LogP contribution in [0.25, 0.3) is 0 Å². The number of hydrogen-bond acceptors (Lipinski definition) is 4. The number of benzene rings is 1. The second kappa shape index (κ2) is 10.7. The predicted octanol–water partition coefficient (Wildman–Crippen LogP) is 6.28. The molecule has 4 aliphatic carbocycles. The molecule has 4 fully saturated rings. The van der Waals surface area contributed by atoms with Crippen molar-refractivity contribution >= 4 is 11.9 Å². The quantitative estimate of drug-likeness (QED) is 0.424. The normalized spacial score (nSPS) is 38.7. The average Bonchev–Trinajstić information content (AvgIpc) is 3.23. The molecule has 1 aromatic rings. The van der Waals surface area contributed by atoms with Gasteiger partial charge in [-0.1, -0.05) is 38.8 Å². The third-order valence-corrected chi connectivity index (χ3v) is 11.6. The Hall–Kier alpha value is -1.88. The smallest absolute Gasteiger partial charge is 0.337 e. The Morgan fingerprint density at radius 2 is 1.76 bits per heavy atom. The summed E-state index contributed by atoms with van der Waals surface area (Å²) < 4.78 is 4.74. The average molecular weight is 510 g/mol. The van der Waals surface area contributed by atoms with Crippen molar-refractivity contribution in [2.24, 2.45) is 40.4 Å². The first kappa shape index (κ1) is 26.7. The second-order valence-electron chi connectivity index (χ2n) is 13.2. The van der Waals surface area contributed by atoms with Gasteiger partial charge in [0.05, 0.1) is 18.8 Å². The number of hydrogen-bond donors (Lipinski definition) is 2. The Kier molecular flexibility index (Phi) is 7.73. The zero-order chi connectivity index (χ0) is 26.2. The van der Waals surface area contributed by atoms with Gasteiger partial charge in [0.2, 0.25) is 5.91 Å². The number of amides is 1. The van der Waals surface area contributed by atoms with Gasteiger partial charge >= 0.3 is 5.97 Å². The van der Waals surface area contributed by atoms with E-state index in [1.807, 2.05) is 12.1 Å². The minimum Gasteiger partial charge on any atom is -0.465 e. The Morgan fingerprint density at radius 1 is 1.00 bits per heavy atom. The molecule has 4 saturated carbocycles. The Morgan fingerprint density at radius 3 is 2.51 bits per heavy atom. The van der Waals surface area contributed by atoms with Crippen molar-refractivity contribution in [1.82, 2.24) is 5.32 Å². The van der Waals surface area contributed by atoms with Crippen LogP contribution in [-0.2, 0) is 16.1 Å². The molecule has 0 aromatic heterocycles. The van der Waals surface area contributed by atoms with Crippen LogP contribution in [-0.4, -0.2) is 30.2 Å². The molecular weight excluding hydrogens is 462 g/mol. The van der Waals surface area contributed by atoms with Crippen LogP contribution in [0.3, 0.4) is 0 Å². The highest BCUT2D eigenvalue weighted by molar-refractivity contribution is 5.89. The first-order valence-corrected chi connectivity index (χ1v) is 14.9. The second-order valence-corrected chi connectivity index (χ2v) is 13.2. The van der Waals surface area contributed by atoms with Crippen LogP contribution in [0.2, 0.25) is 0 Å². The summed E-state index contributed by atoms with van der Waals surface area (Å²) in [6.07, 6.45) is 14.0. The molecule has 0 spiro atoms. The van der Waals surface area contributed by atoms with Gasteiger partial charge in [-0.3, -0.25) is 4.79 Å². The van der Waals surface area contributed by atoms with Gasteiger partial charge in [0, 0.05) is 13.0 Å². The number of nitrogens with one attached hydrogen (secondary N) is 1. The Labute approximate surface area is 223 Å². The molecule has 1 aromatic carbocycles. The number of aliphatic hydroxyl groups excluding tert-OH is 1. The van der Waals surface area contributed by atoms with Crippen molar-refractivity contribution in [3.05, 3.63) is 35.4 Å². The summed E-state index contributed by atoms with van der Waals surface area (Å²) >= 11 is 0. The number of esters is 1. The molecule has 2 N–H and O–H groups in total. The van der Waals surface area contributed by atoms with E-state index in [-0.39, 0.29) is 18.0 Å². The molecule has 4 aliphatic rings. The maximum absolute atomic E-state index is 12.6. The lowest BCUT2D eigenvalue weighted by Gasteiger charge is -2.62. The molecule has 5 rings (SSSR count). The van der Waals surface area contributed by atoms with Gasteiger partial charge in [0.1, 0.15) is 0 Å². The summed E-state index contributed by atoms with van der Waals surface area (Å²) in [5, 5.41) is 14.4. The van der Waals surface area contributed by atoms with Crippen LogP contribution < -0.4 is 5.32 Å². The number of fused-ring (bicyclic) bond motifs is 5. The molecule has 1 amide bonds. The fourth-order valence-electron chi connectivity index (χ4n) is 9.51. The molecule has 8 atom stereocenters. The fraction of sp³-hybridized carbons (Fsp3) is 0.750. The lowest BCUT2D eigenvalue weighted by atomic mass is 9.44. The molecule has 5 heteroatoms. The first-order chi connectivity index (χ1) is 17.8.